The van der Waals surface area contributed by atoms with Gasteiger partial charge in [0.1, 0.15) is 18.4 Å². The molecule has 3 rings (SSSR count). The SMILES string of the molecule is NC(=O)[C@H](Cc1cccc(OCc2ccccc2)c1)NC(=O)c1cccc(Br)c1. The van der Waals surface area contributed by atoms with Crippen molar-refractivity contribution < 1.29 is 14.3 Å². The van der Waals surface area contributed by atoms with Gasteiger partial charge in [0.2, 0.25) is 5.91 Å². The second-order valence-corrected chi connectivity index (χ2v) is 7.48. The standard InChI is InChI=1S/C23H21BrN2O3/c24-19-10-5-9-18(14-19)23(28)26-21(22(25)27)13-17-8-4-11-20(12-17)29-15-16-6-2-1-3-7-16/h1-12,14,21H,13,15H2,(H2,25,27)(H,26,28)/t21-/m0/s1. The molecule has 0 aliphatic rings. The zero-order valence-electron chi connectivity index (χ0n) is 15.7. The van der Waals surface area contributed by atoms with Crippen LogP contribution in [0, 0.1) is 0 Å². The molecule has 148 valence electrons. The van der Waals surface area contributed by atoms with E-state index in [9.17, 15) is 9.59 Å². The van der Waals surface area contributed by atoms with Crippen LogP contribution in [-0.2, 0) is 17.8 Å². The second-order valence-electron chi connectivity index (χ2n) is 6.56. The number of hydrogen-bond acceptors (Lipinski definition) is 3. The van der Waals surface area contributed by atoms with Crippen molar-refractivity contribution in [3.63, 3.8) is 0 Å². The fourth-order valence-electron chi connectivity index (χ4n) is 2.83. The van der Waals surface area contributed by atoms with Crippen LogP contribution in [0.1, 0.15) is 21.5 Å². The fourth-order valence-corrected chi connectivity index (χ4v) is 3.23. The van der Waals surface area contributed by atoms with Gasteiger partial charge in [-0.15, -0.1) is 0 Å². The molecular weight excluding hydrogens is 432 g/mol. The third-order valence-corrected chi connectivity index (χ3v) is 4.82. The van der Waals surface area contributed by atoms with E-state index in [0.29, 0.717) is 17.9 Å². The minimum Gasteiger partial charge on any atom is -0.489 e. The van der Waals surface area contributed by atoms with Crippen molar-refractivity contribution in [3.05, 3.63) is 100 Å². The van der Waals surface area contributed by atoms with Crippen LogP contribution in [0.25, 0.3) is 0 Å². The maximum Gasteiger partial charge on any atom is 0.251 e. The molecule has 0 bridgehead atoms. The first kappa shape index (κ1) is 20.6. The Morgan fingerprint density at radius 3 is 2.38 bits per heavy atom. The van der Waals surface area contributed by atoms with Crippen LogP contribution in [0.2, 0.25) is 0 Å². The number of ether oxygens (including phenoxy) is 1. The monoisotopic (exact) mass is 452 g/mol. The van der Waals surface area contributed by atoms with E-state index in [4.69, 9.17) is 10.5 Å². The predicted molar refractivity (Wildman–Crippen MR) is 116 cm³/mol. The molecule has 5 nitrogen and oxygen atoms in total. The Balaban J connectivity index is 1.65. The zero-order chi connectivity index (χ0) is 20.6. The van der Waals surface area contributed by atoms with Gasteiger partial charge in [-0.1, -0.05) is 64.5 Å². The van der Waals surface area contributed by atoms with Crippen LogP contribution in [0.15, 0.2) is 83.3 Å². The molecule has 1 atom stereocenters. The lowest BCUT2D eigenvalue weighted by Gasteiger charge is -2.16. The predicted octanol–water partition coefficient (Wildman–Crippen LogP) is 3.85. The number of halogens is 1. The Labute approximate surface area is 178 Å². The molecule has 6 heteroatoms. The molecule has 2 amide bonds. The van der Waals surface area contributed by atoms with E-state index >= 15 is 0 Å². The van der Waals surface area contributed by atoms with Gasteiger partial charge in [-0.2, -0.15) is 0 Å². The highest BCUT2D eigenvalue weighted by molar-refractivity contribution is 9.10. The number of amides is 2. The summed E-state index contributed by atoms with van der Waals surface area (Å²) < 4.78 is 6.61. The number of primary amides is 1. The van der Waals surface area contributed by atoms with Crippen molar-refractivity contribution >= 4 is 27.7 Å². The smallest absolute Gasteiger partial charge is 0.251 e. The zero-order valence-corrected chi connectivity index (χ0v) is 17.3. The Hall–Kier alpha value is -3.12. The van der Waals surface area contributed by atoms with Gasteiger partial charge >= 0.3 is 0 Å². The van der Waals surface area contributed by atoms with E-state index in [-0.39, 0.29) is 12.3 Å². The highest BCUT2D eigenvalue weighted by Crippen LogP contribution is 2.17. The minimum atomic E-state index is -0.828. The summed E-state index contributed by atoms with van der Waals surface area (Å²) in [6.45, 7) is 0.448. The molecule has 0 radical (unpaired) electrons. The number of rotatable bonds is 8. The van der Waals surface area contributed by atoms with Crippen LogP contribution in [0.3, 0.4) is 0 Å². The van der Waals surface area contributed by atoms with E-state index in [0.717, 1.165) is 15.6 Å². The van der Waals surface area contributed by atoms with Gasteiger partial charge in [0.25, 0.3) is 5.91 Å². The van der Waals surface area contributed by atoms with E-state index < -0.39 is 11.9 Å². The van der Waals surface area contributed by atoms with Gasteiger partial charge in [-0.3, -0.25) is 9.59 Å². The summed E-state index contributed by atoms with van der Waals surface area (Å²) in [4.78, 5) is 24.4. The van der Waals surface area contributed by atoms with Gasteiger partial charge in [-0.25, -0.2) is 0 Å². The maximum atomic E-state index is 12.5. The van der Waals surface area contributed by atoms with Crippen molar-refractivity contribution in [1.29, 1.82) is 0 Å². The molecule has 3 aromatic carbocycles. The fraction of sp³-hybridized carbons (Fsp3) is 0.130. The molecule has 3 N–H and O–H groups in total. The van der Waals surface area contributed by atoms with E-state index in [1.165, 1.54) is 0 Å². The van der Waals surface area contributed by atoms with Crippen molar-refractivity contribution in [1.82, 2.24) is 5.32 Å². The van der Waals surface area contributed by atoms with Gasteiger partial charge in [0.15, 0.2) is 0 Å². The van der Waals surface area contributed by atoms with Gasteiger partial charge < -0.3 is 15.8 Å². The lowest BCUT2D eigenvalue weighted by atomic mass is 10.0. The van der Waals surface area contributed by atoms with E-state index in [1.54, 1.807) is 18.2 Å². The Morgan fingerprint density at radius 1 is 0.931 bits per heavy atom. The van der Waals surface area contributed by atoms with E-state index in [1.807, 2.05) is 60.7 Å². The minimum absolute atomic E-state index is 0.275. The summed E-state index contributed by atoms with van der Waals surface area (Å²) in [7, 11) is 0. The molecule has 0 heterocycles. The van der Waals surface area contributed by atoms with Crippen molar-refractivity contribution in [2.45, 2.75) is 19.1 Å². The Morgan fingerprint density at radius 2 is 1.66 bits per heavy atom. The van der Waals surface area contributed by atoms with Crippen molar-refractivity contribution in [3.8, 4) is 5.75 Å². The molecule has 29 heavy (non-hydrogen) atoms. The summed E-state index contributed by atoms with van der Waals surface area (Å²) >= 11 is 3.33. The molecule has 0 aliphatic carbocycles. The average molecular weight is 453 g/mol. The van der Waals surface area contributed by atoms with Crippen molar-refractivity contribution in [2.24, 2.45) is 5.73 Å². The normalized spacial score (nSPS) is 11.5. The molecule has 0 spiro atoms. The maximum absolute atomic E-state index is 12.5. The number of carbonyl (C=O) groups is 2. The van der Waals surface area contributed by atoms with Crippen LogP contribution >= 0.6 is 15.9 Å². The largest absolute Gasteiger partial charge is 0.489 e. The Bertz CT molecular complexity index is 992. The lowest BCUT2D eigenvalue weighted by Crippen LogP contribution is -2.45. The third kappa shape index (κ3) is 6.19. The molecule has 0 aliphatic heterocycles. The molecule has 0 saturated heterocycles. The molecule has 3 aromatic rings. The van der Waals surface area contributed by atoms with Gasteiger partial charge in [-0.05, 0) is 41.5 Å². The topological polar surface area (TPSA) is 81.4 Å². The number of benzene rings is 3. The number of nitrogens with one attached hydrogen (secondary N) is 1. The Kier molecular flexibility index (Phi) is 7.03. The molecular formula is C23H21BrN2O3. The van der Waals surface area contributed by atoms with Gasteiger partial charge in [0.05, 0.1) is 0 Å². The number of carbonyl (C=O) groups excluding carboxylic acids is 2. The summed E-state index contributed by atoms with van der Waals surface area (Å²) in [5.74, 6) is -0.261. The first-order chi connectivity index (χ1) is 14.0. The highest BCUT2D eigenvalue weighted by atomic mass is 79.9. The molecule has 0 fully saturated rings. The summed E-state index contributed by atoms with van der Waals surface area (Å²) in [5, 5.41) is 2.71. The van der Waals surface area contributed by atoms with Crippen LogP contribution in [0.5, 0.6) is 5.75 Å². The van der Waals surface area contributed by atoms with Gasteiger partial charge in [0, 0.05) is 16.5 Å². The van der Waals surface area contributed by atoms with Crippen LogP contribution in [-0.4, -0.2) is 17.9 Å². The molecule has 0 unspecified atom stereocenters. The second kappa shape index (κ2) is 9.89. The summed E-state index contributed by atoms with van der Waals surface area (Å²) in [5.41, 5.74) is 7.87. The van der Waals surface area contributed by atoms with Crippen LogP contribution in [0.4, 0.5) is 0 Å². The highest BCUT2D eigenvalue weighted by Gasteiger charge is 2.20. The lowest BCUT2D eigenvalue weighted by molar-refractivity contribution is -0.119. The quantitative estimate of drug-likeness (QED) is 0.544. The average Bonchev–Trinajstić information content (AvgIpc) is 2.73. The summed E-state index contributed by atoms with van der Waals surface area (Å²) in [6, 6.07) is 23.4. The molecule has 0 saturated carbocycles. The van der Waals surface area contributed by atoms with Crippen molar-refractivity contribution in [2.75, 3.05) is 0 Å². The first-order valence-electron chi connectivity index (χ1n) is 9.12. The first-order valence-corrected chi connectivity index (χ1v) is 9.92. The van der Waals surface area contributed by atoms with Crippen LogP contribution < -0.4 is 15.8 Å². The number of hydrogen-bond donors (Lipinski definition) is 2. The third-order valence-electron chi connectivity index (χ3n) is 4.32. The molecule has 0 aromatic heterocycles. The number of nitrogens with two attached hydrogens (primary N) is 1. The van der Waals surface area contributed by atoms with E-state index in [2.05, 4.69) is 21.2 Å². The summed E-state index contributed by atoms with van der Waals surface area (Å²) in [6.07, 6.45) is 0.275.